The van der Waals surface area contributed by atoms with Gasteiger partial charge in [-0.1, -0.05) is 11.6 Å². The van der Waals surface area contributed by atoms with Gasteiger partial charge < -0.3 is 4.98 Å². The van der Waals surface area contributed by atoms with Crippen LogP contribution in [0.1, 0.15) is 6.42 Å². The Balaban J connectivity index is 2.08. The van der Waals surface area contributed by atoms with Crippen LogP contribution in [0.4, 0.5) is 5.95 Å². The summed E-state index contributed by atoms with van der Waals surface area (Å²) < 4.78 is 0. The van der Waals surface area contributed by atoms with Gasteiger partial charge in [-0.2, -0.15) is 9.97 Å². The molecule has 0 saturated carbocycles. The standard InChI is InChI=1S/C9H7Cl2N5O/c10-4-1-5(17)16(2-4)9-14-7(11)6-8(15-9)13-3-12-6/h3-4H,1-2H2,(H,12,13,14,15). The van der Waals surface area contributed by atoms with Crippen LogP contribution in [-0.2, 0) is 4.79 Å². The molecule has 8 heteroatoms. The van der Waals surface area contributed by atoms with Gasteiger partial charge >= 0.3 is 0 Å². The van der Waals surface area contributed by atoms with E-state index in [0.29, 0.717) is 24.1 Å². The molecule has 3 heterocycles. The number of halogens is 2. The number of H-pyrrole nitrogens is 1. The molecule has 1 aliphatic heterocycles. The Morgan fingerprint density at radius 1 is 1.47 bits per heavy atom. The van der Waals surface area contributed by atoms with E-state index in [1.54, 1.807) is 0 Å². The second-order valence-corrected chi connectivity index (χ2v) is 4.70. The van der Waals surface area contributed by atoms with Crippen LogP contribution in [0.5, 0.6) is 0 Å². The summed E-state index contributed by atoms with van der Waals surface area (Å²) in [6.45, 7) is 0.395. The van der Waals surface area contributed by atoms with Gasteiger partial charge in [-0.15, -0.1) is 11.6 Å². The van der Waals surface area contributed by atoms with E-state index in [9.17, 15) is 4.79 Å². The van der Waals surface area contributed by atoms with Crippen molar-refractivity contribution in [3.63, 3.8) is 0 Å². The maximum absolute atomic E-state index is 11.7. The molecule has 1 fully saturated rings. The number of alkyl halides is 1. The number of amides is 1. The monoisotopic (exact) mass is 271 g/mol. The highest BCUT2D eigenvalue weighted by Gasteiger charge is 2.31. The quantitative estimate of drug-likeness (QED) is 0.628. The van der Waals surface area contributed by atoms with Gasteiger partial charge in [-0.05, 0) is 0 Å². The number of hydrogen-bond acceptors (Lipinski definition) is 4. The van der Waals surface area contributed by atoms with E-state index in [2.05, 4.69) is 19.9 Å². The molecule has 0 radical (unpaired) electrons. The highest BCUT2D eigenvalue weighted by atomic mass is 35.5. The van der Waals surface area contributed by atoms with Crippen molar-refractivity contribution in [2.45, 2.75) is 11.8 Å². The molecule has 0 spiro atoms. The van der Waals surface area contributed by atoms with Gasteiger partial charge in [0.25, 0.3) is 0 Å². The number of aromatic nitrogens is 4. The minimum atomic E-state index is -0.209. The summed E-state index contributed by atoms with van der Waals surface area (Å²) >= 11 is 11.9. The maximum Gasteiger partial charge on any atom is 0.235 e. The van der Waals surface area contributed by atoms with Crippen LogP contribution < -0.4 is 4.90 Å². The Morgan fingerprint density at radius 2 is 2.29 bits per heavy atom. The number of carbonyl (C=O) groups is 1. The number of fused-ring (bicyclic) bond motifs is 1. The minimum Gasteiger partial charge on any atom is -0.341 e. The molecule has 1 amide bonds. The number of nitrogens with zero attached hydrogens (tertiary/aromatic N) is 4. The summed E-state index contributed by atoms with van der Waals surface area (Å²) in [4.78, 5) is 28.2. The Morgan fingerprint density at radius 3 is 3.00 bits per heavy atom. The molecule has 17 heavy (non-hydrogen) atoms. The summed E-state index contributed by atoms with van der Waals surface area (Å²) in [6.07, 6.45) is 1.77. The van der Waals surface area contributed by atoms with Gasteiger partial charge in [0.1, 0.15) is 5.52 Å². The normalized spacial score (nSPS) is 20.5. The fraction of sp³-hybridized carbons (Fsp3) is 0.333. The maximum atomic E-state index is 11.7. The molecule has 6 nitrogen and oxygen atoms in total. The summed E-state index contributed by atoms with van der Waals surface area (Å²) in [5.41, 5.74) is 0.996. The number of rotatable bonds is 1. The van der Waals surface area contributed by atoms with Crippen LogP contribution in [0, 0.1) is 0 Å². The molecular weight excluding hydrogens is 265 g/mol. The molecule has 1 N–H and O–H groups in total. The van der Waals surface area contributed by atoms with E-state index in [-0.39, 0.29) is 22.4 Å². The van der Waals surface area contributed by atoms with Crippen LogP contribution in [0.2, 0.25) is 5.15 Å². The van der Waals surface area contributed by atoms with Crippen LogP contribution in [0.25, 0.3) is 11.2 Å². The Labute approximate surface area is 106 Å². The third kappa shape index (κ3) is 1.73. The lowest BCUT2D eigenvalue weighted by atomic mass is 10.4. The highest BCUT2D eigenvalue weighted by molar-refractivity contribution is 6.33. The van der Waals surface area contributed by atoms with Crippen molar-refractivity contribution >= 4 is 46.2 Å². The molecular formula is C9H7Cl2N5O. The smallest absolute Gasteiger partial charge is 0.235 e. The third-order valence-corrected chi connectivity index (χ3v) is 3.11. The second kappa shape index (κ2) is 3.82. The van der Waals surface area contributed by atoms with Crippen molar-refractivity contribution in [2.75, 3.05) is 11.4 Å². The average molecular weight is 272 g/mol. The molecule has 1 unspecified atom stereocenters. The molecule has 0 bridgehead atoms. The Bertz CT molecular complexity index is 598. The zero-order chi connectivity index (χ0) is 12.0. The first-order chi connectivity index (χ1) is 8.15. The zero-order valence-corrected chi connectivity index (χ0v) is 10.0. The average Bonchev–Trinajstić information content (AvgIpc) is 2.84. The van der Waals surface area contributed by atoms with Crippen molar-refractivity contribution in [3.8, 4) is 0 Å². The summed E-state index contributed by atoms with van der Waals surface area (Å²) in [6, 6.07) is 0. The first kappa shape index (κ1) is 10.7. The van der Waals surface area contributed by atoms with Gasteiger partial charge in [0.2, 0.25) is 11.9 Å². The number of anilines is 1. The van der Waals surface area contributed by atoms with E-state index >= 15 is 0 Å². The van der Waals surface area contributed by atoms with Gasteiger partial charge in [0.15, 0.2) is 10.8 Å². The topological polar surface area (TPSA) is 74.8 Å². The van der Waals surface area contributed by atoms with Crippen molar-refractivity contribution in [1.29, 1.82) is 0 Å². The second-order valence-electron chi connectivity index (χ2n) is 3.72. The molecule has 1 aliphatic rings. The highest BCUT2D eigenvalue weighted by Crippen LogP contribution is 2.25. The molecule has 2 aromatic heterocycles. The number of aromatic amines is 1. The van der Waals surface area contributed by atoms with Crippen LogP contribution in [0.3, 0.4) is 0 Å². The molecule has 0 aliphatic carbocycles. The summed E-state index contributed by atoms with van der Waals surface area (Å²) in [5, 5.41) is 0.0353. The van der Waals surface area contributed by atoms with E-state index in [4.69, 9.17) is 23.2 Å². The fourth-order valence-corrected chi connectivity index (χ4v) is 2.25. The Hall–Kier alpha value is -1.40. The lowest BCUT2D eigenvalue weighted by Crippen LogP contribution is -2.26. The number of nitrogens with one attached hydrogen (secondary N) is 1. The number of carbonyl (C=O) groups excluding carboxylic acids is 1. The predicted octanol–water partition coefficient (Wildman–Crippen LogP) is 1.35. The third-order valence-electron chi connectivity index (χ3n) is 2.55. The molecule has 2 aromatic rings. The van der Waals surface area contributed by atoms with E-state index in [0.717, 1.165) is 0 Å². The van der Waals surface area contributed by atoms with Crippen molar-refractivity contribution in [2.24, 2.45) is 0 Å². The van der Waals surface area contributed by atoms with Crippen molar-refractivity contribution < 1.29 is 4.79 Å². The number of hydrogen-bond donors (Lipinski definition) is 1. The SMILES string of the molecule is O=C1CC(Cl)CN1c1nc(Cl)c2[nH]cnc2n1. The summed E-state index contributed by atoms with van der Waals surface area (Å²) in [7, 11) is 0. The van der Waals surface area contributed by atoms with E-state index < -0.39 is 0 Å². The molecule has 1 saturated heterocycles. The molecule has 1 atom stereocenters. The van der Waals surface area contributed by atoms with Crippen LogP contribution in [0.15, 0.2) is 6.33 Å². The first-order valence-corrected chi connectivity index (χ1v) is 5.77. The zero-order valence-electron chi connectivity index (χ0n) is 8.52. The lowest BCUT2D eigenvalue weighted by Gasteiger charge is -2.13. The van der Waals surface area contributed by atoms with E-state index in [1.807, 2.05) is 0 Å². The Kier molecular flexibility index (Phi) is 2.41. The van der Waals surface area contributed by atoms with Crippen LogP contribution >= 0.6 is 23.2 Å². The summed E-state index contributed by atoms with van der Waals surface area (Å²) in [5.74, 6) is 0.152. The number of imidazole rings is 1. The van der Waals surface area contributed by atoms with Crippen molar-refractivity contribution in [1.82, 2.24) is 19.9 Å². The van der Waals surface area contributed by atoms with Gasteiger partial charge in [0.05, 0.1) is 11.7 Å². The molecule has 88 valence electrons. The lowest BCUT2D eigenvalue weighted by molar-refractivity contribution is -0.117. The largest absolute Gasteiger partial charge is 0.341 e. The fourth-order valence-electron chi connectivity index (χ4n) is 1.77. The first-order valence-electron chi connectivity index (χ1n) is 4.96. The van der Waals surface area contributed by atoms with Gasteiger partial charge in [-0.25, -0.2) is 4.98 Å². The molecule has 0 aromatic carbocycles. The van der Waals surface area contributed by atoms with Gasteiger partial charge in [-0.3, -0.25) is 9.69 Å². The van der Waals surface area contributed by atoms with Crippen molar-refractivity contribution in [3.05, 3.63) is 11.5 Å². The minimum absolute atomic E-state index is 0.101. The van der Waals surface area contributed by atoms with Gasteiger partial charge in [0, 0.05) is 13.0 Å². The molecule has 3 rings (SSSR count). The predicted molar refractivity (Wildman–Crippen MR) is 63.3 cm³/mol. The van der Waals surface area contributed by atoms with Crippen LogP contribution in [-0.4, -0.2) is 37.8 Å². The van der Waals surface area contributed by atoms with E-state index in [1.165, 1.54) is 11.2 Å².